The molecule has 0 saturated heterocycles. The Morgan fingerprint density at radius 2 is 2.26 bits per heavy atom. The summed E-state index contributed by atoms with van der Waals surface area (Å²) in [4.78, 5) is 13.8. The van der Waals surface area contributed by atoms with Gasteiger partial charge in [0, 0.05) is 24.3 Å². The summed E-state index contributed by atoms with van der Waals surface area (Å²) >= 11 is 0. The monoisotopic (exact) mass is 261 g/mol. The van der Waals surface area contributed by atoms with E-state index in [2.05, 4.69) is 5.32 Å². The molecule has 1 rings (SSSR count). The highest BCUT2D eigenvalue weighted by Gasteiger charge is 2.16. The molecule has 1 aromatic carbocycles. The third-order valence-electron chi connectivity index (χ3n) is 2.67. The molecule has 0 aromatic heterocycles. The Labute approximate surface area is 113 Å². The van der Waals surface area contributed by atoms with Crippen LogP contribution in [0.15, 0.2) is 24.3 Å². The van der Waals surface area contributed by atoms with E-state index in [1.165, 1.54) is 0 Å². The Morgan fingerprint density at radius 1 is 1.53 bits per heavy atom. The van der Waals surface area contributed by atoms with Crippen LogP contribution < -0.4 is 10.1 Å². The van der Waals surface area contributed by atoms with Gasteiger partial charge in [0.2, 0.25) is 0 Å². The van der Waals surface area contributed by atoms with E-state index in [0.29, 0.717) is 24.4 Å². The number of rotatable bonds is 5. The van der Waals surface area contributed by atoms with Gasteiger partial charge in [0.1, 0.15) is 5.75 Å². The molecule has 102 valence electrons. The molecule has 0 radical (unpaired) electrons. The SMILES string of the molecule is COc1cccc(NC(=O)N(CCC#N)C(C)C)c1. The molecule has 0 spiro atoms. The fourth-order valence-corrected chi connectivity index (χ4v) is 1.66. The number of hydrogen-bond acceptors (Lipinski definition) is 3. The van der Waals surface area contributed by atoms with E-state index in [1.54, 1.807) is 24.1 Å². The molecule has 0 heterocycles. The number of benzene rings is 1. The first-order valence-corrected chi connectivity index (χ1v) is 6.17. The highest BCUT2D eigenvalue weighted by atomic mass is 16.5. The Morgan fingerprint density at radius 3 is 2.84 bits per heavy atom. The summed E-state index contributed by atoms with van der Waals surface area (Å²) in [5, 5.41) is 11.4. The molecule has 0 atom stereocenters. The molecule has 19 heavy (non-hydrogen) atoms. The molecule has 0 saturated carbocycles. The lowest BCUT2D eigenvalue weighted by Crippen LogP contribution is -2.40. The molecule has 0 bridgehead atoms. The normalized spacial score (nSPS) is 9.84. The van der Waals surface area contributed by atoms with Gasteiger partial charge in [-0.1, -0.05) is 6.07 Å². The molecule has 0 fully saturated rings. The number of carbonyl (C=O) groups is 1. The van der Waals surface area contributed by atoms with Crippen LogP contribution in [-0.2, 0) is 0 Å². The van der Waals surface area contributed by atoms with Gasteiger partial charge in [-0.25, -0.2) is 4.79 Å². The lowest BCUT2D eigenvalue weighted by Gasteiger charge is -2.26. The van der Waals surface area contributed by atoms with Crippen molar-refractivity contribution in [2.75, 3.05) is 19.0 Å². The standard InChI is InChI=1S/C14H19N3O2/c1-11(2)17(9-5-8-15)14(18)16-12-6-4-7-13(10-12)19-3/h4,6-7,10-11H,5,9H2,1-3H3,(H,16,18). The van der Waals surface area contributed by atoms with E-state index in [4.69, 9.17) is 10.00 Å². The van der Waals surface area contributed by atoms with Gasteiger partial charge in [0.05, 0.1) is 19.6 Å². The van der Waals surface area contributed by atoms with Crippen molar-refractivity contribution >= 4 is 11.7 Å². The van der Waals surface area contributed by atoms with Crippen molar-refractivity contribution in [1.29, 1.82) is 5.26 Å². The maximum atomic E-state index is 12.1. The first kappa shape index (κ1) is 14.8. The topological polar surface area (TPSA) is 65.4 Å². The summed E-state index contributed by atoms with van der Waals surface area (Å²) in [6, 6.07) is 9.04. The highest BCUT2D eigenvalue weighted by molar-refractivity contribution is 5.89. The molecule has 2 amide bonds. The van der Waals surface area contributed by atoms with E-state index in [9.17, 15) is 4.79 Å². The fourth-order valence-electron chi connectivity index (χ4n) is 1.66. The van der Waals surface area contributed by atoms with Crippen molar-refractivity contribution in [2.24, 2.45) is 0 Å². The van der Waals surface area contributed by atoms with Crippen LogP contribution in [0, 0.1) is 11.3 Å². The predicted molar refractivity (Wildman–Crippen MR) is 74.1 cm³/mol. The Kier molecular flexibility index (Phi) is 5.68. The maximum Gasteiger partial charge on any atom is 0.322 e. The van der Waals surface area contributed by atoms with Gasteiger partial charge in [-0.15, -0.1) is 0 Å². The first-order chi connectivity index (χ1) is 9.08. The van der Waals surface area contributed by atoms with E-state index < -0.39 is 0 Å². The number of nitrogens with one attached hydrogen (secondary N) is 1. The maximum absolute atomic E-state index is 12.1. The smallest absolute Gasteiger partial charge is 0.322 e. The van der Waals surface area contributed by atoms with Crippen molar-refractivity contribution in [3.05, 3.63) is 24.3 Å². The number of anilines is 1. The van der Waals surface area contributed by atoms with Crippen LogP contribution in [0.1, 0.15) is 20.3 Å². The Balaban J connectivity index is 2.72. The van der Waals surface area contributed by atoms with Crippen LogP contribution in [0.3, 0.4) is 0 Å². The van der Waals surface area contributed by atoms with E-state index >= 15 is 0 Å². The van der Waals surface area contributed by atoms with Crippen LogP contribution in [0.2, 0.25) is 0 Å². The van der Waals surface area contributed by atoms with Gasteiger partial charge < -0.3 is 15.0 Å². The number of nitriles is 1. The van der Waals surface area contributed by atoms with Crippen LogP contribution in [0.25, 0.3) is 0 Å². The molecular formula is C14H19N3O2. The number of hydrogen-bond donors (Lipinski definition) is 1. The first-order valence-electron chi connectivity index (χ1n) is 6.17. The number of nitrogens with zero attached hydrogens (tertiary/aromatic N) is 2. The zero-order valence-corrected chi connectivity index (χ0v) is 11.5. The summed E-state index contributed by atoms with van der Waals surface area (Å²) in [5.74, 6) is 0.686. The minimum Gasteiger partial charge on any atom is -0.497 e. The Hall–Kier alpha value is -2.22. The second kappa shape index (κ2) is 7.27. The lowest BCUT2D eigenvalue weighted by atomic mass is 10.3. The quantitative estimate of drug-likeness (QED) is 0.886. The minimum atomic E-state index is -0.210. The fraction of sp³-hybridized carbons (Fsp3) is 0.429. The molecule has 1 N–H and O–H groups in total. The number of urea groups is 1. The number of ether oxygens (including phenoxy) is 1. The lowest BCUT2D eigenvalue weighted by molar-refractivity contribution is 0.198. The van der Waals surface area contributed by atoms with Crippen molar-refractivity contribution in [2.45, 2.75) is 26.3 Å². The zero-order valence-electron chi connectivity index (χ0n) is 11.5. The van der Waals surface area contributed by atoms with Gasteiger partial charge in [0.25, 0.3) is 0 Å². The van der Waals surface area contributed by atoms with Crippen molar-refractivity contribution in [1.82, 2.24) is 4.90 Å². The van der Waals surface area contributed by atoms with E-state index in [0.717, 1.165) is 0 Å². The minimum absolute atomic E-state index is 0.0407. The predicted octanol–water partition coefficient (Wildman–Crippen LogP) is 2.85. The molecule has 1 aromatic rings. The molecule has 0 aliphatic carbocycles. The van der Waals surface area contributed by atoms with Crippen LogP contribution in [-0.4, -0.2) is 30.6 Å². The van der Waals surface area contributed by atoms with E-state index in [1.807, 2.05) is 32.0 Å². The van der Waals surface area contributed by atoms with Crippen molar-refractivity contribution in [3.8, 4) is 11.8 Å². The summed E-state index contributed by atoms with van der Waals surface area (Å²) in [6.45, 7) is 4.26. The molecule has 5 heteroatoms. The molecule has 0 unspecified atom stereocenters. The van der Waals surface area contributed by atoms with Crippen molar-refractivity contribution < 1.29 is 9.53 Å². The van der Waals surface area contributed by atoms with Crippen LogP contribution in [0.5, 0.6) is 5.75 Å². The zero-order chi connectivity index (χ0) is 14.3. The number of amides is 2. The average Bonchev–Trinajstić information content (AvgIpc) is 2.39. The van der Waals surface area contributed by atoms with Crippen LogP contribution in [0.4, 0.5) is 10.5 Å². The third kappa shape index (κ3) is 4.51. The van der Waals surface area contributed by atoms with Gasteiger partial charge in [-0.3, -0.25) is 0 Å². The summed E-state index contributed by atoms with van der Waals surface area (Å²) in [6.07, 6.45) is 0.323. The Bertz CT molecular complexity index is 466. The van der Waals surface area contributed by atoms with Crippen molar-refractivity contribution in [3.63, 3.8) is 0 Å². The van der Waals surface area contributed by atoms with Crippen LogP contribution >= 0.6 is 0 Å². The molecule has 0 aliphatic heterocycles. The molecular weight excluding hydrogens is 242 g/mol. The van der Waals surface area contributed by atoms with Gasteiger partial charge in [-0.05, 0) is 26.0 Å². The van der Waals surface area contributed by atoms with Gasteiger partial charge in [-0.2, -0.15) is 5.26 Å². The molecule has 0 aliphatic rings. The summed E-state index contributed by atoms with van der Waals surface area (Å²) in [5.41, 5.74) is 0.673. The highest BCUT2D eigenvalue weighted by Crippen LogP contribution is 2.17. The van der Waals surface area contributed by atoms with E-state index in [-0.39, 0.29) is 12.1 Å². The largest absolute Gasteiger partial charge is 0.497 e. The number of carbonyl (C=O) groups excluding carboxylic acids is 1. The number of methoxy groups -OCH3 is 1. The second-order valence-corrected chi connectivity index (χ2v) is 4.36. The molecule has 5 nitrogen and oxygen atoms in total. The third-order valence-corrected chi connectivity index (χ3v) is 2.67. The summed E-state index contributed by atoms with van der Waals surface area (Å²) in [7, 11) is 1.58. The van der Waals surface area contributed by atoms with Gasteiger partial charge in [0.15, 0.2) is 0 Å². The summed E-state index contributed by atoms with van der Waals surface area (Å²) < 4.78 is 5.10. The average molecular weight is 261 g/mol. The second-order valence-electron chi connectivity index (χ2n) is 4.36. The van der Waals surface area contributed by atoms with Gasteiger partial charge >= 0.3 is 6.03 Å².